The Hall–Kier alpha value is -1.63. The van der Waals surface area contributed by atoms with Gasteiger partial charge < -0.3 is 19.8 Å². The zero-order valence-electron chi connectivity index (χ0n) is 16.2. The standard InChI is InChI=1S/C21H32N2O4/c1-16-6-10-23(11-7-16)21(26)15-27-20-5-3-2-4-17(20)12-22-9-8-18(14-24)19(25)13-22/h2-5,16,18-19,24-25H,6-15H2,1H3/t18-,19-/m1/s1. The lowest BCUT2D eigenvalue weighted by Gasteiger charge is -2.35. The summed E-state index contributed by atoms with van der Waals surface area (Å²) in [5.74, 6) is 1.45. The minimum Gasteiger partial charge on any atom is -0.483 e. The van der Waals surface area contributed by atoms with Crippen molar-refractivity contribution in [2.45, 2.75) is 38.8 Å². The first-order valence-corrected chi connectivity index (χ1v) is 10.1. The fraction of sp³-hybridized carbons (Fsp3) is 0.667. The van der Waals surface area contributed by atoms with Gasteiger partial charge in [0.05, 0.1) is 6.10 Å². The average molecular weight is 376 g/mol. The number of carbonyl (C=O) groups is 1. The summed E-state index contributed by atoms with van der Waals surface area (Å²) in [6.07, 6.45) is 2.41. The van der Waals surface area contributed by atoms with E-state index in [-0.39, 0.29) is 25.0 Å². The first-order valence-electron chi connectivity index (χ1n) is 10.1. The van der Waals surface area contributed by atoms with E-state index in [1.165, 1.54) is 0 Å². The van der Waals surface area contributed by atoms with Crippen LogP contribution >= 0.6 is 0 Å². The SMILES string of the molecule is CC1CCN(C(=O)COc2ccccc2CN2CC[C@H](CO)[C@H](O)C2)CC1. The van der Waals surface area contributed by atoms with E-state index >= 15 is 0 Å². The Labute approximate surface area is 161 Å². The van der Waals surface area contributed by atoms with Crippen LogP contribution in [0, 0.1) is 11.8 Å². The molecule has 0 aromatic heterocycles. The van der Waals surface area contributed by atoms with Crippen LogP contribution in [0.1, 0.15) is 31.7 Å². The summed E-state index contributed by atoms with van der Waals surface area (Å²) in [6.45, 7) is 6.03. The van der Waals surface area contributed by atoms with Crippen LogP contribution in [0.2, 0.25) is 0 Å². The van der Waals surface area contributed by atoms with Gasteiger partial charge in [0, 0.05) is 44.3 Å². The molecule has 2 aliphatic rings. The second kappa shape index (κ2) is 9.53. The molecule has 0 aliphatic carbocycles. The van der Waals surface area contributed by atoms with E-state index in [9.17, 15) is 15.0 Å². The van der Waals surface area contributed by atoms with E-state index in [1.807, 2.05) is 29.2 Å². The topological polar surface area (TPSA) is 73.2 Å². The van der Waals surface area contributed by atoms with Gasteiger partial charge in [-0.05, 0) is 37.8 Å². The Morgan fingerprint density at radius 3 is 2.63 bits per heavy atom. The number of likely N-dealkylation sites (tertiary alicyclic amines) is 2. The molecule has 0 bridgehead atoms. The predicted octanol–water partition coefficient (Wildman–Crippen LogP) is 1.50. The molecule has 27 heavy (non-hydrogen) atoms. The number of piperidine rings is 2. The van der Waals surface area contributed by atoms with Gasteiger partial charge in [-0.2, -0.15) is 0 Å². The Balaban J connectivity index is 1.54. The lowest BCUT2D eigenvalue weighted by Crippen LogP contribution is -2.44. The van der Waals surface area contributed by atoms with Gasteiger partial charge in [0.25, 0.3) is 5.91 Å². The lowest BCUT2D eigenvalue weighted by molar-refractivity contribution is -0.134. The maximum Gasteiger partial charge on any atom is 0.260 e. The molecule has 2 aliphatic heterocycles. The van der Waals surface area contributed by atoms with E-state index in [1.54, 1.807) is 0 Å². The molecule has 2 N–H and O–H groups in total. The number of amides is 1. The summed E-state index contributed by atoms with van der Waals surface area (Å²) < 4.78 is 5.87. The highest BCUT2D eigenvalue weighted by atomic mass is 16.5. The highest BCUT2D eigenvalue weighted by Crippen LogP contribution is 2.24. The van der Waals surface area contributed by atoms with Crippen molar-refractivity contribution < 1.29 is 19.7 Å². The fourth-order valence-electron chi connectivity index (χ4n) is 3.91. The molecular formula is C21H32N2O4. The normalized spacial score (nSPS) is 24.8. The zero-order valence-corrected chi connectivity index (χ0v) is 16.2. The molecule has 0 unspecified atom stereocenters. The van der Waals surface area contributed by atoms with E-state index in [0.29, 0.717) is 19.0 Å². The molecule has 2 atom stereocenters. The molecular weight excluding hydrogens is 344 g/mol. The van der Waals surface area contributed by atoms with Crippen LogP contribution in [0.3, 0.4) is 0 Å². The largest absolute Gasteiger partial charge is 0.483 e. The number of benzene rings is 1. The second-order valence-electron chi connectivity index (χ2n) is 7.99. The molecule has 2 saturated heterocycles. The van der Waals surface area contributed by atoms with E-state index in [4.69, 9.17) is 4.74 Å². The van der Waals surface area contributed by atoms with Crippen molar-refractivity contribution in [2.75, 3.05) is 39.4 Å². The van der Waals surface area contributed by atoms with Crippen LogP contribution in [0.4, 0.5) is 0 Å². The van der Waals surface area contributed by atoms with Crippen LogP contribution in [0.15, 0.2) is 24.3 Å². The molecule has 1 amide bonds. The highest BCUT2D eigenvalue weighted by Gasteiger charge is 2.27. The van der Waals surface area contributed by atoms with Gasteiger partial charge in [-0.15, -0.1) is 0 Å². The average Bonchev–Trinajstić information content (AvgIpc) is 2.68. The molecule has 1 aromatic carbocycles. The number of aliphatic hydroxyl groups excluding tert-OH is 2. The molecule has 0 radical (unpaired) electrons. The quantitative estimate of drug-likeness (QED) is 0.787. The predicted molar refractivity (Wildman–Crippen MR) is 103 cm³/mol. The van der Waals surface area contributed by atoms with Crippen LogP contribution in [0.5, 0.6) is 5.75 Å². The first kappa shape index (κ1) is 20.1. The number of rotatable bonds is 6. The number of aliphatic hydroxyl groups is 2. The van der Waals surface area contributed by atoms with Gasteiger partial charge in [0.2, 0.25) is 0 Å². The Morgan fingerprint density at radius 2 is 1.93 bits per heavy atom. The number of para-hydroxylation sites is 1. The van der Waals surface area contributed by atoms with Crippen molar-refractivity contribution in [3.05, 3.63) is 29.8 Å². The number of β-amino-alcohol motifs (C(OH)–C–C–N with tert-alkyl or cyclic N) is 1. The molecule has 6 nitrogen and oxygen atoms in total. The van der Waals surface area contributed by atoms with Crippen LogP contribution in [-0.4, -0.2) is 71.4 Å². The van der Waals surface area contributed by atoms with Gasteiger partial charge in [-0.1, -0.05) is 25.1 Å². The minimum absolute atomic E-state index is 0.0300. The number of carbonyl (C=O) groups excluding carboxylic acids is 1. The van der Waals surface area contributed by atoms with E-state index in [2.05, 4.69) is 11.8 Å². The molecule has 0 spiro atoms. The van der Waals surface area contributed by atoms with Crippen LogP contribution in [0.25, 0.3) is 0 Å². The van der Waals surface area contributed by atoms with Gasteiger partial charge in [0.15, 0.2) is 6.61 Å². The molecule has 6 heteroatoms. The smallest absolute Gasteiger partial charge is 0.260 e. The monoisotopic (exact) mass is 376 g/mol. The van der Waals surface area contributed by atoms with Crippen molar-refractivity contribution in [1.29, 1.82) is 0 Å². The van der Waals surface area contributed by atoms with E-state index < -0.39 is 6.10 Å². The van der Waals surface area contributed by atoms with Gasteiger partial charge in [0.1, 0.15) is 5.75 Å². The maximum atomic E-state index is 12.4. The number of ether oxygens (including phenoxy) is 1. The van der Waals surface area contributed by atoms with Crippen molar-refractivity contribution in [2.24, 2.45) is 11.8 Å². The van der Waals surface area contributed by atoms with Crippen molar-refractivity contribution in [3.63, 3.8) is 0 Å². The molecule has 0 saturated carbocycles. The molecule has 2 heterocycles. The third-order valence-corrected chi connectivity index (χ3v) is 5.89. The summed E-state index contributed by atoms with van der Waals surface area (Å²) in [5, 5.41) is 19.4. The Kier molecular flexibility index (Phi) is 7.10. The molecule has 3 rings (SSSR count). The summed E-state index contributed by atoms with van der Waals surface area (Å²) in [6, 6.07) is 7.79. The Morgan fingerprint density at radius 1 is 1.19 bits per heavy atom. The highest BCUT2D eigenvalue weighted by molar-refractivity contribution is 5.77. The number of nitrogens with zero attached hydrogens (tertiary/aromatic N) is 2. The lowest BCUT2D eigenvalue weighted by atomic mass is 9.94. The number of hydrogen-bond donors (Lipinski definition) is 2. The summed E-state index contributed by atoms with van der Waals surface area (Å²) in [7, 11) is 0. The second-order valence-corrected chi connectivity index (χ2v) is 7.99. The number of hydrogen-bond acceptors (Lipinski definition) is 5. The van der Waals surface area contributed by atoms with Crippen molar-refractivity contribution >= 4 is 5.91 Å². The minimum atomic E-state index is -0.500. The summed E-state index contributed by atoms with van der Waals surface area (Å²) in [4.78, 5) is 16.5. The molecule has 1 aromatic rings. The van der Waals surface area contributed by atoms with Gasteiger partial charge in [-0.25, -0.2) is 0 Å². The third-order valence-electron chi connectivity index (χ3n) is 5.89. The van der Waals surface area contributed by atoms with Gasteiger partial charge in [-0.3, -0.25) is 9.69 Å². The van der Waals surface area contributed by atoms with E-state index in [0.717, 1.165) is 50.2 Å². The fourth-order valence-corrected chi connectivity index (χ4v) is 3.91. The maximum absolute atomic E-state index is 12.4. The molecule has 2 fully saturated rings. The van der Waals surface area contributed by atoms with Gasteiger partial charge >= 0.3 is 0 Å². The Bertz CT molecular complexity index is 616. The summed E-state index contributed by atoms with van der Waals surface area (Å²) >= 11 is 0. The summed E-state index contributed by atoms with van der Waals surface area (Å²) in [5.41, 5.74) is 1.02. The third kappa shape index (κ3) is 5.43. The first-order chi connectivity index (χ1) is 13.1. The van der Waals surface area contributed by atoms with Crippen molar-refractivity contribution in [1.82, 2.24) is 9.80 Å². The van der Waals surface area contributed by atoms with Crippen molar-refractivity contribution in [3.8, 4) is 5.75 Å². The van der Waals surface area contributed by atoms with Crippen LogP contribution in [-0.2, 0) is 11.3 Å². The van der Waals surface area contributed by atoms with Crippen LogP contribution < -0.4 is 4.74 Å². The zero-order chi connectivity index (χ0) is 19.2. The molecule has 150 valence electrons.